The molecule has 9 heteroatoms. The van der Waals surface area contributed by atoms with E-state index in [0.29, 0.717) is 17.1 Å². The van der Waals surface area contributed by atoms with Crippen LogP contribution >= 0.6 is 69.6 Å². The molecule has 160 valence electrons. The Labute approximate surface area is 208 Å². The third-order valence-corrected chi connectivity index (χ3v) is 5.22. The number of Topliss-reactive ketones (excluding diaryl/α,β-unsaturated/α-hetero) is 2. The van der Waals surface area contributed by atoms with E-state index in [1.54, 1.807) is 24.3 Å². The maximum Gasteiger partial charge on any atom is 0.253 e. The molecule has 0 atom stereocenters. The zero-order valence-electron chi connectivity index (χ0n) is 15.4. The van der Waals surface area contributed by atoms with Crippen molar-refractivity contribution in [3.63, 3.8) is 0 Å². The quantitative estimate of drug-likeness (QED) is 0.243. The maximum absolute atomic E-state index is 12.4. The molecule has 0 spiro atoms. The van der Waals surface area contributed by atoms with Crippen molar-refractivity contribution in [2.24, 2.45) is 0 Å². The molecule has 31 heavy (non-hydrogen) atoms. The van der Waals surface area contributed by atoms with Gasteiger partial charge in [-0.2, -0.15) is 0 Å². The highest BCUT2D eigenvalue weighted by Crippen LogP contribution is 2.38. The van der Waals surface area contributed by atoms with Gasteiger partial charge < -0.3 is 4.74 Å². The lowest BCUT2D eigenvalue weighted by Crippen LogP contribution is -2.19. The van der Waals surface area contributed by atoms with Gasteiger partial charge in [-0.1, -0.05) is 106 Å². The number of ketones is 2. The van der Waals surface area contributed by atoms with Gasteiger partial charge in [-0.3, -0.25) is 9.59 Å². The summed E-state index contributed by atoms with van der Waals surface area (Å²) in [6.07, 6.45) is 0. The fourth-order valence-corrected chi connectivity index (χ4v) is 3.39. The monoisotopic (exact) mass is 534 g/mol. The summed E-state index contributed by atoms with van der Waals surface area (Å²) in [6, 6.07) is 20.2. The smallest absolute Gasteiger partial charge is 0.253 e. The highest BCUT2D eigenvalue weighted by Gasteiger charge is 2.33. The number of carbonyl (C=O) groups is 2. The molecular formula is C22H12Cl6O3. The van der Waals surface area contributed by atoms with Gasteiger partial charge in [0.2, 0.25) is 11.6 Å². The van der Waals surface area contributed by atoms with Crippen molar-refractivity contribution in [1.29, 1.82) is 0 Å². The minimum Gasteiger partial charge on any atom is -0.457 e. The first-order chi connectivity index (χ1) is 14.5. The summed E-state index contributed by atoms with van der Waals surface area (Å²) in [5.74, 6) is -0.613. The van der Waals surface area contributed by atoms with Crippen LogP contribution in [0.15, 0.2) is 72.8 Å². The maximum atomic E-state index is 12.4. The fourth-order valence-electron chi connectivity index (χ4n) is 2.73. The lowest BCUT2D eigenvalue weighted by molar-refractivity contribution is 0.0988. The highest BCUT2D eigenvalue weighted by molar-refractivity contribution is 6.78. The number of hydrogen-bond acceptors (Lipinski definition) is 3. The number of hydrogen-bond donors (Lipinski definition) is 0. The molecule has 0 amide bonds. The number of alkyl halides is 6. The molecule has 0 radical (unpaired) electrons. The summed E-state index contributed by atoms with van der Waals surface area (Å²) < 4.78 is 1.83. The predicted octanol–water partition coefficient (Wildman–Crippen LogP) is 8.25. The lowest BCUT2D eigenvalue weighted by atomic mass is 10.0. The molecular weight excluding hydrogens is 525 g/mol. The third-order valence-electron chi connectivity index (χ3n) is 4.19. The lowest BCUT2D eigenvalue weighted by Gasteiger charge is -2.15. The van der Waals surface area contributed by atoms with E-state index in [2.05, 4.69) is 0 Å². The second-order valence-corrected chi connectivity index (χ2v) is 10.9. The van der Waals surface area contributed by atoms with Crippen molar-refractivity contribution in [1.82, 2.24) is 0 Å². The van der Waals surface area contributed by atoms with Crippen LogP contribution in [0.1, 0.15) is 20.7 Å². The van der Waals surface area contributed by atoms with Crippen LogP contribution in [0.25, 0.3) is 11.1 Å². The van der Waals surface area contributed by atoms with E-state index in [-0.39, 0.29) is 11.1 Å². The molecule has 3 aromatic carbocycles. The van der Waals surface area contributed by atoms with Gasteiger partial charge in [0, 0.05) is 16.7 Å². The Morgan fingerprint density at radius 2 is 1.16 bits per heavy atom. The second kappa shape index (κ2) is 9.58. The number of benzene rings is 3. The molecule has 0 aliphatic rings. The topological polar surface area (TPSA) is 43.4 Å². The predicted molar refractivity (Wildman–Crippen MR) is 128 cm³/mol. The molecule has 0 unspecified atom stereocenters. The zero-order chi connectivity index (χ0) is 22.8. The molecule has 3 nitrogen and oxygen atoms in total. The summed E-state index contributed by atoms with van der Waals surface area (Å²) >= 11 is 34.2. The number of ether oxygens (including phenoxy) is 1. The molecule has 0 fully saturated rings. The first kappa shape index (κ1) is 24.2. The molecule has 0 saturated heterocycles. The Morgan fingerprint density at radius 1 is 0.645 bits per heavy atom. The van der Waals surface area contributed by atoms with Crippen LogP contribution in [0.4, 0.5) is 0 Å². The summed E-state index contributed by atoms with van der Waals surface area (Å²) in [6.45, 7) is 0. The zero-order valence-corrected chi connectivity index (χ0v) is 20.0. The molecule has 0 aromatic heterocycles. The Bertz CT molecular complexity index is 1100. The van der Waals surface area contributed by atoms with Crippen molar-refractivity contribution in [2.45, 2.75) is 7.59 Å². The van der Waals surface area contributed by atoms with Crippen LogP contribution in [0.3, 0.4) is 0 Å². The Morgan fingerprint density at radius 3 is 1.71 bits per heavy atom. The first-order valence-electron chi connectivity index (χ1n) is 8.67. The third kappa shape index (κ3) is 6.07. The van der Waals surface area contributed by atoms with Gasteiger partial charge >= 0.3 is 0 Å². The van der Waals surface area contributed by atoms with E-state index in [9.17, 15) is 9.59 Å². The van der Waals surface area contributed by atoms with Crippen LogP contribution in [0.2, 0.25) is 0 Å². The molecule has 3 aromatic rings. The average Bonchev–Trinajstić information content (AvgIpc) is 2.72. The van der Waals surface area contributed by atoms with Gasteiger partial charge in [0.1, 0.15) is 11.5 Å². The standard InChI is InChI=1S/C22H12Cl6O3/c23-21(24,25)19(29)14-6-9-16(10-7-14)31-18-12-15(20(30)22(26,27)28)8-11-17(18)13-4-2-1-3-5-13/h1-12H. The highest BCUT2D eigenvalue weighted by atomic mass is 35.6. The first-order valence-corrected chi connectivity index (χ1v) is 10.9. The van der Waals surface area contributed by atoms with E-state index in [0.717, 1.165) is 5.56 Å². The Hall–Kier alpha value is -1.46. The Balaban J connectivity index is 2.00. The molecule has 0 N–H and O–H groups in total. The number of rotatable bonds is 5. The van der Waals surface area contributed by atoms with Crippen molar-refractivity contribution >= 4 is 81.2 Å². The largest absolute Gasteiger partial charge is 0.457 e. The van der Waals surface area contributed by atoms with Crippen LogP contribution in [-0.4, -0.2) is 19.2 Å². The molecule has 0 aliphatic carbocycles. The van der Waals surface area contributed by atoms with E-state index in [4.69, 9.17) is 74.3 Å². The second-order valence-electron chi connectivity index (χ2n) is 6.36. The van der Waals surface area contributed by atoms with Gasteiger partial charge in [-0.25, -0.2) is 0 Å². The van der Waals surface area contributed by atoms with Gasteiger partial charge in [-0.05, 0) is 42.0 Å². The van der Waals surface area contributed by atoms with Crippen LogP contribution < -0.4 is 4.74 Å². The Kier molecular flexibility index (Phi) is 7.47. The molecule has 0 saturated carbocycles. The van der Waals surface area contributed by atoms with Gasteiger partial charge in [0.25, 0.3) is 7.59 Å². The van der Waals surface area contributed by atoms with Crippen molar-refractivity contribution in [2.75, 3.05) is 0 Å². The number of carbonyl (C=O) groups excluding carboxylic acids is 2. The summed E-state index contributed by atoms with van der Waals surface area (Å²) in [4.78, 5) is 24.5. The fraction of sp³-hybridized carbons (Fsp3) is 0.0909. The molecule has 3 rings (SSSR count). The van der Waals surface area contributed by atoms with Crippen LogP contribution in [0, 0.1) is 0 Å². The van der Waals surface area contributed by atoms with Crippen LogP contribution in [0.5, 0.6) is 11.5 Å². The van der Waals surface area contributed by atoms with Gasteiger partial charge in [0.05, 0.1) is 0 Å². The summed E-state index contributed by atoms with van der Waals surface area (Å²) in [5, 5.41) is 0. The normalized spacial score (nSPS) is 11.8. The van der Waals surface area contributed by atoms with E-state index >= 15 is 0 Å². The summed E-state index contributed by atoms with van der Waals surface area (Å²) in [7, 11) is 0. The van der Waals surface area contributed by atoms with Gasteiger partial charge in [0.15, 0.2) is 0 Å². The van der Waals surface area contributed by atoms with Crippen molar-refractivity contribution in [3.05, 3.63) is 83.9 Å². The van der Waals surface area contributed by atoms with E-state index in [1.165, 1.54) is 18.2 Å². The summed E-state index contributed by atoms with van der Waals surface area (Å²) in [5.41, 5.74) is 1.93. The van der Waals surface area contributed by atoms with Crippen molar-refractivity contribution < 1.29 is 14.3 Å². The van der Waals surface area contributed by atoms with Crippen LogP contribution in [-0.2, 0) is 0 Å². The number of halogens is 6. The van der Waals surface area contributed by atoms with Crippen molar-refractivity contribution in [3.8, 4) is 22.6 Å². The minimum atomic E-state index is -2.11. The SMILES string of the molecule is O=C(c1ccc(Oc2cc(C(=O)C(Cl)(Cl)Cl)ccc2-c2ccccc2)cc1)C(Cl)(Cl)Cl. The van der Waals surface area contributed by atoms with Gasteiger partial charge in [-0.15, -0.1) is 0 Å². The molecule has 0 bridgehead atoms. The van der Waals surface area contributed by atoms with E-state index < -0.39 is 19.2 Å². The minimum absolute atomic E-state index is 0.165. The average molecular weight is 537 g/mol. The molecule has 0 heterocycles. The van der Waals surface area contributed by atoms with E-state index in [1.807, 2.05) is 30.3 Å². The molecule has 0 aliphatic heterocycles.